The minimum atomic E-state index is 0. The van der Waals surface area contributed by atoms with E-state index in [1.165, 1.54) is 5.56 Å². The summed E-state index contributed by atoms with van der Waals surface area (Å²) in [7, 11) is 1.70. The molecule has 4 heteroatoms. The molecule has 0 spiro atoms. The van der Waals surface area contributed by atoms with Crippen LogP contribution in [0.15, 0.2) is 61.1 Å². The molecule has 0 radical (unpaired) electrons. The number of hydrogen-bond donors (Lipinski definition) is 0. The number of methoxy groups -OCH3 is 1. The van der Waals surface area contributed by atoms with Gasteiger partial charge < -0.3 is 28.7 Å². The van der Waals surface area contributed by atoms with E-state index in [0.717, 1.165) is 17.9 Å². The summed E-state index contributed by atoms with van der Waals surface area (Å²) in [5, 5.41) is 0. The molecule has 3 nitrogen and oxygen atoms in total. The van der Waals surface area contributed by atoms with E-state index in [-0.39, 0.29) is 24.0 Å². The van der Waals surface area contributed by atoms with Gasteiger partial charge in [0.25, 0.3) is 0 Å². The topological polar surface area (TPSA) is 17.5 Å². The minimum absolute atomic E-state index is 0. The third-order valence-corrected chi connectivity index (χ3v) is 3.05. The Bertz CT molecular complexity index is 664. The molecule has 0 saturated carbocycles. The van der Waals surface area contributed by atoms with Gasteiger partial charge in [0.2, 0.25) is 5.75 Å². The van der Waals surface area contributed by atoms with Crippen molar-refractivity contribution in [1.29, 1.82) is 0 Å². The molecule has 0 N–H and O–H groups in total. The van der Waals surface area contributed by atoms with Gasteiger partial charge in [-0.05, 0) is 17.7 Å². The molecule has 1 aromatic carbocycles. The van der Waals surface area contributed by atoms with Crippen molar-refractivity contribution >= 4 is 5.65 Å². The largest absolute Gasteiger partial charge is 1.00 e. The molecule has 0 atom stereocenters. The van der Waals surface area contributed by atoms with Gasteiger partial charge in [0.15, 0.2) is 0 Å². The molecule has 98 valence electrons. The van der Waals surface area contributed by atoms with Gasteiger partial charge >= 0.3 is 5.65 Å². The first-order valence-electron chi connectivity index (χ1n) is 5.95. The van der Waals surface area contributed by atoms with E-state index in [2.05, 4.69) is 39.4 Å². The quantitative estimate of drug-likeness (QED) is 0.442. The van der Waals surface area contributed by atoms with Crippen molar-refractivity contribution < 1.29 is 33.3 Å². The number of nitrogens with zero attached hydrogens (tertiary/aromatic N) is 2. The van der Waals surface area contributed by atoms with Crippen LogP contribution >= 0.6 is 0 Å². The summed E-state index contributed by atoms with van der Waals surface area (Å²) in [4.78, 5) is 0. The summed E-state index contributed by atoms with van der Waals surface area (Å²) < 4.78 is 9.68. The molecular weight excluding hydrogens is 351 g/mol. The fourth-order valence-electron chi connectivity index (χ4n) is 2.20. The van der Waals surface area contributed by atoms with Gasteiger partial charge in [-0.25, -0.2) is 4.57 Å². The standard InChI is InChI=1S/C15H15N2O.HI/c1-18-14-8-5-9-16-10-11-17(15(14)16)12-13-6-3-2-4-7-13;/h2-11H,12H2,1H3;1H/q+1;/p-1. The van der Waals surface area contributed by atoms with E-state index in [1.54, 1.807) is 7.11 Å². The van der Waals surface area contributed by atoms with Crippen LogP contribution in [-0.4, -0.2) is 11.5 Å². The zero-order valence-electron chi connectivity index (χ0n) is 10.7. The Morgan fingerprint density at radius 3 is 2.58 bits per heavy atom. The highest BCUT2D eigenvalue weighted by molar-refractivity contribution is 5.48. The molecule has 0 unspecified atom stereocenters. The maximum absolute atomic E-state index is 5.42. The van der Waals surface area contributed by atoms with Crippen LogP contribution in [0.3, 0.4) is 0 Å². The van der Waals surface area contributed by atoms with Gasteiger partial charge in [-0.1, -0.05) is 30.3 Å². The maximum atomic E-state index is 5.42. The number of hydrogen-bond acceptors (Lipinski definition) is 1. The molecule has 2 aromatic heterocycles. The van der Waals surface area contributed by atoms with E-state index in [1.807, 2.05) is 30.6 Å². The number of rotatable bonds is 3. The summed E-state index contributed by atoms with van der Waals surface area (Å²) in [6, 6.07) is 14.4. The number of benzene rings is 1. The predicted molar refractivity (Wildman–Crippen MR) is 69.7 cm³/mol. The lowest BCUT2D eigenvalue weighted by Crippen LogP contribution is -3.00. The molecule has 0 aliphatic carbocycles. The zero-order chi connectivity index (χ0) is 12.4. The van der Waals surface area contributed by atoms with Gasteiger partial charge in [0.1, 0.15) is 18.9 Å². The van der Waals surface area contributed by atoms with Crippen LogP contribution in [-0.2, 0) is 6.54 Å². The summed E-state index contributed by atoms with van der Waals surface area (Å²) in [5.41, 5.74) is 2.35. The highest BCUT2D eigenvalue weighted by Crippen LogP contribution is 2.15. The fourth-order valence-corrected chi connectivity index (χ4v) is 2.20. The normalized spacial score (nSPS) is 10.2. The number of aromatic nitrogens is 2. The second kappa shape index (κ2) is 6.06. The SMILES string of the molecule is COc1cccn2cc[n+](Cc3ccccc3)c12.[I-]. The predicted octanol–water partition coefficient (Wildman–Crippen LogP) is -0.712. The van der Waals surface area contributed by atoms with Gasteiger partial charge in [-0.2, -0.15) is 4.40 Å². The maximum Gasteiger partial charge on any atom is 0.329 e. The lowest BCUT2D eigenvalue weighted by atomic mass is 10.2. The van der Waals surface area contributed by atoms with Crippen LogP contribution in [0.25, 0.3) is 5.65 Å². The molecular formula is C15H15IN2O. The van der Waals surface area contributed by atoms with Crippen LogP contribution in [0, 0.1) is 0 Å². The molecule has 0 fully saturated rings. The van der Waals surface area contributed by atoms with Crippen molar-refractivity contribution in [1.82, 2.24) is 4.40 Å². The Balaban J connectivity index is 0.00000133. The van der Waals surface area contributed by atoms with Crippen molar-refractivity contribution in [3.05, 3.63) is 66.6 Å². The number of imidazole rings is 1. The average Bonchev–Trinajstić information content (AvgIpc) is 2.83. The summed E-state index contributed by atoms with van der Waals surface area (Å²) >= 11 is 0. The Morgan fingerprint density at radius 1 is 1.05 bits per heavy atom. The van der Waals surface area contributed by atoms with Crippen LogP contribution in [0.4, 0.5) is 0 Å². The fraction of sp³-hybridized carbons (Fsp3) is 0.133. The van der Waals surface area contributed by atoms with Gasteiger partial charge in [0, 0.05) is 0 Å². The highest BCUT2D eigenvalue weighted by Gasteiger charge is 2.15. The Morgan fingerprint density at radius 2 is 1.84 bits per heavy atom. The first-order chi connectivity index (χ1) is 8.88. The van der Waals surface area contributed by atoms with E-state index in [9.17, 15) is 0 Å². The summed E-state index contributed by atoms with van der Waals surface area (Å²) in [5.74, 6) is 0.887. The third-order valence-electron chi connectivity index (χ3n) is 3.05. The molecule has 0 bridgehead atoms. The number of pyridine rings is 1. The first kappa shape index (κ1) is 13.9. The van der Waals surface area contributed by atoms with Crippen LogP contribution in [0.1, 0.15) is 5.56 Å². The molecule has 0 saturated heterocycles. The molecule has 3 rings (SSSR count). The van der Waals surface area contributed by atoms with E-state index < -0.39 is 0 Å². The molecule has 19 heavy (non-hydrogen) atoms. The lowest BCUT2D eigenvalue weighted by Gasteiger charge is -2.02. The van der Waals surface area contributed by atoms with Crippen molar-refractivity contribution in [2.45, 2.75) is 6.54 Å². The van der Waals surface area contributed by atoms with Crippen LogP contribution < -0.4 is 33.3 Å². The van der Waals surface area contributed by atoms with Crippen molar-refractivity contribution in [2.24, 2.45) is 0 Å². The number of ether oxygens (including phenoxy) is 1. The average molecular weight is 366 g/mol. The molecule has 0 aliphatic heterocycles. The van der Waals surface area contributed by atoms with Crippen molar-refractivity contribution in [2.75, 3.05) is 7.11 Å². The third kappa shape index (κ3) is 2.73. The second-order valence-corrected chi connectivity index (χ2v) is 4.22. The zero-order valence-corrected chi connectivity index (χ0v) is 12.8. The first-order valence-corrected chi connectivity index (χ1v) is 5.95. The molecule has 3 aromatic rings. The van der Waals surface area contributed by atoms with E-state index >= 15 is 0 Å². The van der Waals surface area contributed by atoms with E-state index in [4.69, 9.17) is 4.74 Å². The Hall–Kier alpha value is -1.56. The van der Waals surface area contributed by atoms with Gasteiger partial charge in [-0.15, -0.1) is 0 Å². The monoisotopic (exact) mass is 366 g/mol. The smallest absolute Gasteiger partial charge is 0.329 e. The van der Waals surface area contributed by atoms with Crippen LogP contribution in [0.5, 0.6) is 5.75 Å². The number of fused-ring (bicyclic) bond motifs is 1. The minimum Gasteiger partial charge on any atom is -1.00 e. The molecule has 0 amide bonds. The van der Waals surface area contributed by atoms with Gasteiger partial charge in [-0.3, -0.25) is 0 Å². The summed E-state index contributed by atoms with van der Waals surface area (Å²) in [6.45, 7) is 0.845. The Labute approximate surface area is 129 Å². The van der Waals surface area contributed by atoms with E-state index in [0.29, 0.717) is 0 Å². The van der Waals surface area contributed by atoms with Crippen molar-refractivity contribution in [3.63, 3.8) is 0 Å². The van der Waals surface area contributed by atoms with Gasteiger partial charge in [0.05, 0.1) is 13.3 Å². The molecule has 0 aliphatic rings. The lowest BCUT2D eigenvalue weighted by molar-refractivity contribution is -0.662. The molecule has 2 heterocycles. The van der Waals surface area contributed by atoms with Crippen LogP contribution in [0.2, 0.25) is 0 Å². The van der Waals surface area contributed by atoms with Crippen molar-refractivity contribution in [3.8, 4) is 5.75 Å². The second-order valence-electron chi connectivity index (χ2n) is 4.22. The highest BCUT2D eigenvalue weighted by atomic mass is 127. The Kier molecular flexibility index (Phi) is 4.42. The summed E-state index contributed by atoms with van der Waals surface area (Å²) in [6.07, 6.45) is 6.14. The number of halogens is 1.